The van der Waals surface area contributed by atoms with Gasteiger partial charge in [-0.25, -0.2) is 4.39 Å². The number of aliphatic hydroxyl groups excluding tert-OH is 2. The molecule has 68 heavy (non-hydrogen) atoms. The van der Waals surface area contributed by atoms with Crippen LogP contribution in [0.25, 0.3) is 22.3 Å². The first-order valence-electron chi connectivity index (χ1n) is 27.1. The molecule has 0 radical (unpaired) electrons. The van der Waals surface area contributed by atoms with Gasteiger partial charge in [0.05, 0.1) is 44.9 Å². The maximum absolute atomic E-state index is 16.3. The molecular weight excluding hydrogens is 852 g/mol. The molecule has 0 amide bonds. The Hall–Kier alpha value is -3.75. The third kappa shape index (κ3) is 15.9. The van der Waals surface area contributed by atoms with Crippen LogP contribution in [0, 0.1) is 40.8 Å². The molecule has 0 atom stereocenters. The first kappa shape index (κ1) is 55.2. The number of hydrogen-bond acceptors (Lipinski definition) is 7. The van der Waals surface area contributed by atoms with Crippen molar-refractivity contribution in [2.45, 2.75) is 189 Å². The fourth-order valence-corrected chi connectivity index (χ4v) is 11.0. The van der Waals surface area contributed by atoms with Crippen LogP contribution in [0.1, 0.15) is 192 Å². The number of carbonyl (C=O) groups is 2. The quantitative estimate of drug-likeness (QED) is 0.0552. The van der Waals surface area contributed by atoms with Crippen molar-refractivity contribution >= 4 is 11.9 Å². The lowest BCUT2D eigenvalue weighted by atomic mass is 9.68. The average Bonchev–Trinajstić information content (AvgIpc) is 3.35. The molecule has 2 N–H and O–H groups in total. The molecule has 2 saturated carbocycles. The summed E-state index contributed by atoms with van der Waals surface area (Å²) in [6.45, 7) is 14.4. The average molecular weight is 941 g/mol. The minimum Gasteiger partial charge on any atom is -0.493 e. The molecule has 8 heteroatoms. The minimum absolute atomic E-state index is 0.126. The van der Waals surface area contributed by atoms with Gasteiger partial charge in [-0.2, -0.15) is 0 Å². The summed E-state index contributed by atoms with van der Waals surface area (Å²) in [5.41, 5.74) is 7.09. The van der Waals surface area contributed by atoms with E-state index in [2.05, 4.69) is 51.1 Å². The lowest BCUT2D eigenvalue weighted by Gasteiger charge is -2.38. The summed E-state index contributed by atoms with van der Waals surface area (Å²) in [5, 5.41) is 20.8. The van der Waals surface area contributed by atoms with Crippen molar-refractivity contribution in [1.29, 1.82) is 0 Å². The van der Waals surface area contributed by atoms with E-state index in [0.29, 0.717) is 56.6 Å². The number of aryl methyl sites for hydroxylation is 3. The zero-order valence-electron chi connectivity index (χ0n) is 43.3. The molecule has 0 spiro atoms. The molecule has 2 fully saturated rings. The van der Waals surface area contributed by atoms with Crippen LogP contribution in [0.5, 0.6) is 5.75 Å². The maximum atomic E-state index is 16.3. The SMILES string of the molecule is CCCCCC1CCC(C2CCC(c3ccc(-c4ccc(-c5cc(CCCOC(=O)C(C)C)c(OCCC(CO)(CO)CCCC)c(CCCOC(=O)C(C)C)c5)c(CC)c4)c(F)c3)CC2)CC1. The lowest BCUT2D eigenvalue weighted by Crippen LogP contribution is -2.32. The predicted octanol–water partition coefficient (Wildman–Crippen LogP) is 14.6. The smallest absolute Gasteiger partial charge is 0.308 e. The van der Waals surface area contributed by atoms with E-state index in [9.17, 15) is 19.8 Å². The van der Waals surface area contributed by atoms with Crippen molar-refractivity contribution in [2.75, 3.05) is 33.0 Å². The van der Waals surface area contributed by atoms with Gasteiger partial charge in [-0.05, 0) is 164 Å². The van der Waals surface area contributed by atoms with E-state index in [1.807, 2.05) is 45.9 Å². The number of esters is 2. The van der Waals surface area contributed by atoms with Gasteiger partial charge >= 0.3 is 11.9 Å². The summed E-state index contributed by atoms with van der Waals surface area (Å²) < 4.78 is 34.2. The molecule has 0 aliphatic heterocycles. The van der Waals surface area contributed by atoms with Crippen LogP contribution < -0.4 is 4.74 Å². The van der Waals surface area contributed by atoms with Gasteiger partial charge in [0.2, 0.25) is 0 Å². The molecule has 0 aromatic heterocycles. The zero-order valence-corrected chi connectivity index (χ0v) is 43.3. The molecule has 0 saturated heterocycles. The Morgan fingerprint density at radius 3 is 1.72 bits per heavy atom. The largest absolute Gasteiger partial charge is 0.493 e. The zero-order chi connectivity index (χ0) is 49.1. The van der Waals surface area contributed by atoms with Crippen LogP contribution in [-0.4, -0.2) is 55.2 Å². The Balaban J connectivity index is 1.38. The summed E-state index contributed by atoms with van der Waals surface area (Å²) >= 11 is 0. The van der Waals surface area contributed by atoms with E-state index < -0.39 is 5.41 Å². The molecule has 0 unspecified atom stereocenters. The number of benzene rings is 3. The minimum atomic E-state index is -0.643. The van der Waals surface area contributed by atoms with Gasteiger partial charge in [-0.15, -0.1) is 0 Å². The number of hydrogen-bond donors (Lipinski definition) is 2. The Bertz CT molecular complexity index is 1940. The topological polar surface area (TPSA) is 102 Å². The van der Waals surface area contributed by atoms with Gasteiger partial charge in [0.1, 0.15) is 11.6 Å². The molecule has 5 rings (SSSR count). The summed E-state index contributed by atoms with van der Waals surface area (Å²) in [7, 11) is 0. The third-order valence-corrected chi connectivity index (χ3v) is 15.6. The van der Waals surface area contributed by atoms with E-state index in [4.69, 9.17) is 14.2 Å². The Morgan fingerprint density at radius 2 is 1.19 bits per heavy atom. The van der Waals surface area contributed by atoms with Crippen molar-refractivity contribution in [3.8, 4) is 28.0 Å². The molecule has 3 aromatic carbocycles. The second-order valence-corrected chi connectivity index (χ2v) is 21.3. The first-order valence-corrected chi connectivity index (χ1v) is 27.1. The van der Waals surface area contributed by atoms with Gasteiger partial charge < -0.3 is 24.4 Å². The monoisotopic (exact) mass is 941 g/mol. The molecule has 378 valence electrons. The Morgan fingerprint density at radius 1 is 0.632 bits per heavy atom. The molecule has 0 heterocycles. The highest BCUT2D eigenvalue weighted by molar-refractivity contribution is 5.76. The normalized spacial score (nSPS) is 18.8. The van der Waals surface area contributed by atoms with Crippen molar-refractivity contribution in [3.05, 3.63) is 76.6 Å². The summed E-state index contributed by atoms with van der Waals surface area (Å²) in [5.74, 6) is 2.76. The highest BCUT2D eigenvalue weighted by atomic mass is 19.1. The number of ether oxygens (including phenoxy) is 3. The predicted molar refractivity (Wildman–Crippen MR) is 275 cm³/mol. The van der Waals surface area contributed by atoms with Crippen LogP contribution >= 0.6 is 0 Å². The third-order valence-electron chi connectivity index (χ3n) is 15.6. The van der Waals surface area contributed by atoms with Gasteiger partial charge in [-0.1, -0.05) is 130 Å². The first-order chi connectivity index (χ1) is 32.8. The highest BCUT2D eigenvalue weighted by Crippen LogP contribution is 2.45. The van der Waals surface area contributed by atoms with Gasteiger partial charge in [0.25, 0.3) is 0 Å². The van der Waals surface area contributed by atoms with Gasteiger partial charge in [-0.3, -0.25) is 9.59 Å². The van der Waals surface area contributed by atoms with Crippen LogP contribution in [0.15, 0.2) is 48.5 Å². The molecule has 7 nitrogen and oxygen atoms in total. The lowest BCUT2D eigenvalue weighted by molar-refractivity contribution is -0.148. The van der Waals surface area contributed by atoms with Crippen LogP contribution in [0.4, 0.5) is 4.39 Å². The van der Waals surface area contributed by atoms with Crippen LogP contribution in [0.2, 0.25) is 0 Å². The second-order valence-electron chi connectivity index (χ2n) is 21.3. The number of aliphatic hydroxyl groups is 2. The van der Waals surface area contributed by atoms with Crippen molar-refractivity contribution < 1.29 is 38.4 Å². The second kappa shape index (κ2) is 28.2. The molecule has 0 bridgehead atoms. The van der Waals surface area contributed by atoms with E-state index >= 15 is 4.39 Å². The number of rotatable bonds is 28. The summed E-state index contributed by atoms with van der Waals surface area (Å²) in [4.78, 5) is 24.8. The van der Waals surface area contributed by atoms with E-state index in [-0.39, 0.29) is 56.0 Å². The van der Waals surface area contributed by atoms with Crippen LogP contribution in [0.3, 0.4) is 0 Å². The maximum Gasteiger partial charge on any atom is 0.308 e. The van der Waals surface area contributed by atoms with Crippen LogP contribution in [-0.2, 0) is 38.3 Å². The Kier molecular flexibility index (Phi) is 22.9. The van der Waals surface area contributed by atoms with E-state index in [0.717, 1.165) is 94.6 Å². The molecular formula is C60H89FO7. The number of unbranched alkanes of at least 4 members (excludes halogenated alkanes) is 3. The molecule has 3 aromatic rings. The number of carbonyl (C=O) groups excluding carboxylic acids is 2. The standard InChI is InChI=1S/C60H89FO7/c1-8-11-13-16-44-19-21-46(22-20-44)47-23-25-48(26-24-47)49-27-30-55(56(61)39-49)50-28-29-54(45(10-3)36-50)53-37-51(17-14-33-67-58(64)42(4)5)57(52(38-53)18-15-34-68-59(65)43(6)7)66-35-32-60(40-62,41-63)31-12-9-2/h27-30,36-39,42-44,46-48,62-63H,8-26,31-35,40-41H2,1-7H3. The number of halogens is 1. The summed E-state index contributed by atoms with van der Waals surface area (Å²) in [6, 6.07) is 16.6. The van der Waals surface area contributed by atoms with Gasteiger partial charge in [0, 0.05) is 11.0 Å². The van der Waals surface area contributed by atoms with E-state index in [1.54, 1.807) is 0 Å². The molecule has 2 aliphatic carbocycles. The van der Waals surface area contributed by atoms with Crippen molar-refractivity contribution in [1.82, 2.24) is 0 Å². The fourth-order valence-electron chi connectivity index (χ4n) is 11.0. The van der Waals surface area contributed by atoms with Crippen molar-refractivity contribution in [2.24, 2.45) is 35.0 Å². The molecule has 2 aliphatic rings. The summed E-state index contributed by atoms with van der Waals surface area (Å²) in [6.07, 6.45) is 22.1. The highest BCUT2D eigenvalue weighted by Gasteiger charge is 2.32. The van der Waals surface area contributed by atoms with Crippen molar-refractivity contribution in [3.63, 3.8) is 0 Å². The fraction of sp³-hybridized carbons (Fsp3) is 0.667. The Labute approximate surface area is 410 Å². The van der Waals surface area contributed by atoms with E-state index in [1.165, 1.54) is 64.2 Å². The van der Waals surface area contributed by atoms with Gasteiger partial charge in [0.15, 0.2) is 0 Å².